The predicted molar refractivity (Wildman–Crippen MR) is 131 cm³/mol. The summed E-state index contributed by atoms with van der Waals surface area (Å²) in [5.74, 6) is -0.383. The Balaban J connectivity index is 1.66. The van der Waals surface area contributed by atoms with Gasteiger partial charge < -0.3 is 14.6 Å². The number of Topliss-reactive ketones (excluding diaryl/α,β-unsaturated/α-hetero) is 1. The molecule has 5 rings (SSSR count). The van der Waals surface area contributed by atoms with E-state index in [0.29, 0.717) is 17.2 Å². The number of aromatic nitrogens is 1. The van der Waals surface area contributed by atoms with E-state index in [2.05, 4.69) is 17.6 Å². The first kappa shape index (κ1) is 21.3. The van der Waals surface area contributed by atoms with Gasteiger partial charge in [0.25, 0.3) is 0 Å². The Morgan fingerprint density at radius 1 is 1.21 bits per heavy atom. The van der Waals surface area contributed by atoms with Crippen LogP contribution in [-0.2, 0) is 10.2 Å². The van der Waals surface area contributed by atoms with Crippen molar-refractivity contribution in [2.24, 2.45) is 5.92 Å². The molecule has 6 heteroatoms. The fourth-order valence-corrected chi connectivity index (χ4v) is 5.90. The maximum atomic E-state index is 13.7. The first-order chi connectivity index (χ1) is 15.8. The molecular formula is C27H24N2O3S. The fraction of sp³-hybridized carbons (Fsp3) is 0.222. The van der Waals surface area contributed by atoms with Crippen LogP contribution < -0.4 is 4.74 Å². The van der Waals surface area contributed by atoms with Crippen LogP contribution in [0.3, 0.4) is 0 Å². The zero-order valence-electron chi connectivity index (χ0n) is 18.7. The van der Waals surface area contributed by atoms with E-state index in [0.717, 1.165) is 32.7 Å². The van der Waals surface area contributed by atoms with E-state index in [1.165, 1.54) is 0 Å². The number of benzene rings is 1. The number of fused-ring (bicyclic) bond motifs is 1. The molecule has 5 nitrogen and oxygen atoms in total. The van der Waals surface area contributed by atoms with E-state index >= 15 is 0 Å². The molecule has 0 amide bonds. The van der Waals surface area contributed by atoms with Gasteiger partial charge >= 0.3 is 0 Å². The summed E-state index contributed by atoms with van der Waals surface area (Å²) in [5, 5.41) is 11.7. The molecule has 1 saturated carbocycles. The molecule has 1 aliphatic rings. The zero-order chi connectivity index (χ0) is 23.3. The minimum atomic E-state index is -0.750. The Bertz CT molecular complexity index is 1420. The number of carbonyl (C=O) groups is 1. The van der Waals surface area contributed by atoms with Crippen molar-refractivity contribution in [1.82, 2.24) is 4.98 Å². The van der Waals surface area contributed by atoms with Gasteiger partial charge in [0.1, 0.15) is 11.4 Å². The monoisotopic (exact) mass is 456 g/mol. The van der Waals surface area contributed by atoms with Gasteiger partial charge in [-0.25, -0.2) is 4.98 Å². The van der Waals surface area contributed by atoms with Crippen molar-refractivity contribution in [3.63, 3.8) is 0 Å². The molecular weight excluding hydrogens is 432 g/mol. The standard InChI is InChI=1S/C27H24N2O3S/c1-15-25(28)16(2)27(3,22-13-19(14-33-22)20-6-5-7-23(29-20)31-4)24(26(15)30)18-8-9-21-17(12-18)10-11-32-21/h5-15,24,28H,2H2,1,3-4H3/t15?,24?,27-/m0/s1. The first-order valence-corrected chi connectivity index (χ1v) is 11.6. The van der Waals surface area contributed by atoms with Crippen LogP contribution in [0.5, 0.6) is 5.88 Å². The van der Waals surface area contributed by atoms with Gasteiger partial charge in [-0.1, -0.05) is 18.7 Å². The molecule has 4 aromatic rings. The second-order valence-corrected chi connectivity index (χ2v) is 9.55. The van der Waals surface area contributed by atoms with Crippen LogP contribution in [0.25, 0.3) is 22.2 Å². The molecule has 3 heterocycles. The Morgan fingerprint density at radius 3 is 2.82 bits per heavy atom. The number of hydrogen-bond acceptors (Lipinski definition) is 6. The first-order valence-electron chi connectivity index (χ1n) is 10.7. The molecule has 1 N–H and O–H groups in total. The van der Waals surface area contributed by atoms with Crippen LogP contribution in [0.4, 0.5) is 0 Å². The van der Waals surface area contributed by atoms with Gasteiger partial charge in [0.05, 0.1) is 30.9 Å². The number of hydrogen-bond donors (Lipinski definition) is 1. The number of furan rings is 1. The van der Waals surface area contributed by atoms with Crippen LogP contribution in [0.2, 0.25) is 0 Å². The van der Waals surface area contributed by atoms with Crippen LogP contribution in [-0.4, -0.2) is 23.6 Å². The molecule has 0 bridgehead atoms. The molecule has 3 aromatic heterocycles. The molecule has 166 valence electrons. The van der Waals surface area contributed by atoms with E-state index in [1.54, 1.807) is 31.6 Å². The van der Waals surface area contributed by atoms with Crippen LogP contribution in [0.15, 0.2) is 76.7 Å². The van der Waals surface area contributed by atoms with Crippen LogP contribution >= 0.6 is 11.3 Å². The smallest absolute Gasteiger partial charge is 0.213 e. The van der Waals surface area contributed by atoms with Crippen molar-refractivity contribution >= 4 is 33.8 Å². The van der Waals surface area contributed by atoms with Gasteiger partial charge in [0, 0.05) is 38.4 Å². The van der Waals surface area contributed by atoms with Crippen molar-refractivity contribution in [2.75, 3.05) is 7.11 Å². The normalized spacial score (nSPS) is 23.3. The van der Waals surface area contributed by atoms with Gasteiger partial charge in [0.2, 0.25) is 5.88 Å². The lowest BCUT2D eigenvalue weighted by Crippen LogP contribution is -2.48. The molecule has 2 unspecified atom stereocenters. The highest BCUT2D eigenvalue weighted by atomic mass is 32.1. The largest absolute Gasteiger partial charge is 0.481 e. The second-order valence-electron chi connectivity index (χ2n) is 8.63. The molecule has 3 atom stereocenters. The number of allylic oxidation sites excluding steroid dienone is 1. The fourth-order valence-electron chi connectivity index (χ4n) is 4.78. The Labute approximate surface area is 196 Å². The number of ketones is 1. The average molecular weight is 457 g/mol. The molecule has 0 saturated heterocycles. The number of nitrogens with one attached hydrogen (secondary N) is 1. The molecule has 0 radical (unpaired) electrons. The second kappa shape index (κ2) is 7.81. The van der Waals surface area contributed by atoms with Crippen molar-refractivity contribution in [3.05, 3.63) is 82.8 Å². The van der Waals surface area contributed by atoms with Crippen molar-refractivity contribution in [3.8, 4) is 17.1 Å². The highest BCUT2D eigenvalue weighted by Gasteiger charge is 2.52. The SMILES string of the molecule is C=C1C(=N)C(C)C(=O)C(c2ccc3occc3c2)[C@]1(C)c1cc(-c2cccc(OC)n2)cs1. The van der Waals surface area contributed by atoms with E-state index < -0.39 is 17.3 Å². The topological polar surface area (TPSA) is 76.2 Å². The van der Waals surface area contributed by atoms with Crippen molar-refractivity contribution in [1.29, 1.82) is 5.41 Å². The lowest BCUT2D eigenvalue weighted by Gasteiger charge is -2.44. The summed E-state index contributed by atoms with van der Waals surface area (Å²) < 4.78 is 10.8. The highest BCUT2D eigenvalue weighted by molar-refractivity contribution is 7.10. The minimum absolute atomic E-state index is 0.0344. The van der Waals surface area contributed by atoms with Gasteiger partial charge in [-0.2, -0.15) is 0 Å². The number of thiophene rings is 1. The van der Waals surface area contributed by atoms with Gasteiger partial charge in [0.15, 0.2) is 0 Å². The number of carbonyl (C=O) groups excluding carboxylic acids is 1. The summed E-state index contributed by atoms with van der Waals surface area (Å²) in [6.07, 6.45) is 1.65. The lowest BCUT2D eigenvalue weighted by molar-refractivity contribution is -0.123. The predicted octanol–water partition coefficient (Wildman–Crippen LogP) is 6.40. The van der Waals surface area contributed by atoms with Gasteiger partial charge in [-0.15, -0.1) is 11.3 Å². The molecule has 1 fully saturated rings. The number of methoxy groups -OCH3 is 1. The molecule has 1 aliphatic carbocycles. The zero-order valence-corrected chi connectivity index (χ0v) is 19.5. The quantitative estimate of drug-likeness (QED) is 0.385. The van der Waals surface area contributed by atoms with E-state index in [4.69, 9.17) is 14.6 Å². The van der Waals surface area contributed by atoms with Crippen molar-refractivity contribution in [2.45, 2.75) is 25.2 Å². The van der Waals surface area contributed by atoms with Gasteiger partial charge in [-0.3, -0.25) is 4.79 Å². The lowest BCUT2D eigenvalue weighted by atomic mass is 9.58. The minimum Gasteiger partial charge on any atom is -0.481 e. The molecule has 0 aliphatic heterocycles. The summed E-state index contributed by atoms with van der Waals surface area (Å²) in [5.41, 5.74) is 3.67. The highest BCUT2D eigenvalue weighted by Crippen LogP contribution is 2.52. The number of rotatable bonds is 4. The Kier molecular flexibility index (Phi) is 5.05. The third-order valence-corrected chi connectivity index (χ3v) is 7.99. The maximum absolute atomic E-state index is 13.7. The number of pyridine rings is 1. The third-order valence-electron chi connectivity index (χ3n) is 6.82. The summed E-state index contributed by atoms with van der Waals surface area (Å²) in [7, 11) is 1.60. The van der Waals surface area contributed by atoms with E-state index in [1.807, 2.05) is 54.8 Å². The van der Waals surface area contributed by atoms with Gasteiger partial charge in [-0.05, 0) is 55.3 Å². The molecule has 0 spiro atoms. The average Bonchev–Trinajstić information content (AvgIpc) is 3.51. The Hall–Kier alpha value is -3.51. The van der Waals surface area contributed by atoms with Crippen LogP contribution in [0, 0.1) is 11.3 Å². The third kappa shape index (κ3) is 3.25. The summed E-state index contributed by atoms with van der Waals surface area (Å²) >= 11 is 1.57. The summed E-state index contributed by atoms with van der Waals surface area (Å²) in [6, 6.07) is 15.5. The number of nitrogens with zero attached hydrogens (tertiary/aromatic N) is 1. The Morgan fingerprint density at radius 2 is 2.03 bits per heavy atom. The molecule has 1 aromatic carbocycles. The maximum Gasteiger partial charge on any atom is 0.213 e. The summed E-state index contributed by atoms with van der Waals surface area (Å²) in [4.78, 5) is 19.2. The van der Waals surface area contributed by atoms with Crippen molar-refractivity contribution < 1.29 is 13.9 Å². The van der Waals surface area contributed by atoms with E-state index in [-0.39, 0.29) is 5.78 Å². The number of ether oxygens (including phenoxy) is 1. The summed E-state index contributed by atoms with van der Waals surface area (Å²) in [6.45, 7) is 8.16. The van der Waals surface area contributed by atoms with Crippen LogP contribution in [0.1, 0.15) is 30.2 Å². The molecule has 33 heavy (non-hydrogen) atoms. The van der Waals surface area contributed by atoms with E-state index in [9.17, 15) is 4.79 Å².